The van der Waals surface area contributed by atoms with Crippen molar-refractivity contribution in [2.75, 3.05) is 11.4 Å². The van der Waals surface area contributed by atoms with Crippen LogP contribution >= 0.6 is 0 Å². The van der Waals surface area contributed by atoms with Crippen molar-refractivity contribution in [2.45, 2.75) is 39.7 Å². The number of para-hydroxylation sites is 1. The average molecular weight is 440 g/mol. The Kier molecular flexibility index (Phi) is 8.66. The molecule has 1 aromatic carbocycles. The smallest absolute Gasteiger partial charge is 0.332 e. The molecule has 0 spiro atoms. The lowest BCUT2D eigenvalue weighted by Gasteiger charge is -2.31. The van der Waals surface area contributed by atoms with Crippen molar-refractivity contribution in [3.05, 3.63) is 71.1 Å². The lowest BCUT2D eigenvalue weighted by atomic mass is 9.89. The van der Waals surface area contributed by atoms with E-state index in [-0.39, 0.29) is 0 Å². The maximum Gasteiger partial charge on any atom is 0.332 e. The number of carbonyl (C=O) groups is 3. The fourth-order valence-electron chi connectivity index (χ4n) is 3.78. The maximum absolute atomic E-state index is 13.7. The van der Waals surface area contributed by atoms with Crippen LogP contribution in [0.25, 0.3) is 0 Å². The first-order chi connectivity index (χ1) is 15.1. The van der Waals surface area contributed by atoms with Gasteiger partial charge in [-0.15, -0.1) is 0 Å². The van der Waals surface area contributed by atoms with Crippen molar-refractivity contribution in [1.82, 2.24) is 4.98 Å². The molecule has 0 saturated carbocycles. The minimum Gasteiger partial charge on any atom is -0.478 e. The molecule has 0 aliphatic rings. The van der Waals surface area contributed by atoms with Gasteiger partial charge in [0.2, 0.25) is 5.91 Å². The van der Waals surface area contributed by atoms with Crippen LogP contribution in [0, 0.1) is 19.8 Å². The Morgan fingerprint density at radius 3 is 2.28 bits per heavy atom. The Balaban J connectivity index is 2.47. The molecular formula is C24H29N3O5. The van der Waals surface area contributed by atoms with Crippen LogP contribution in [0.15, 0.2) is 54.4 Å². The number of carbonyl (C=O) groups excluding carboxylic acids is 1. The number of amides is 1. The summed E-state index contributed by atoms with van der Waals surface area (Å²) in [4.78, 5) is 42.4. The normalized spacial score (nSPS) is 13.3. The second-order valence-electron chi connectivity index (χ2n) is 7.77. The molecule has 170 valence electrons. The molecular weight excluding hydrogens is 410 g/mol. The number of anilines is 1. The Bertz CT molecular complexity index is 982. The van der Waals surface area contributed by atoms with E-state index in [1.165, 1.54) is 11.8 Å². The zero-order valence-electron chi connectivity index (χ0n) is 18.5. The zero-order chi connectivity index (χ0) is 23.8. The predicted octanol–water partition coefficient (Wildman–Crippen LogP) is 2.72. The van der Waals surface area contributed by atoms with Gasteiger partial charge in [-0.1, -0.05) is 24.3 Å². The van der Waals surface area contributed by atoms with Gasteiger partial charge in [0.1, 0.15) is 0 Å². The Morgan fingerprint density at radius 2 is 1.78 bits per heavy atom. The molecule has 2 aromatic rings. The summed E-state index contributed by atoms with van der Waals surface area (Å²) in [5, 5.41) is 18.8. The standard InChI is InChI=1S/C24H29N3O5/c1-15-7-4-8-16(2)22(15)27(12-6-10-18-9-5-11-26-14-18)23(30)21(17(3)25)19(24(31)32)13-20(28)29/h4-5,7-9,11,13-14,17,21H,6,10,12,25H2,1-3H3,(H,28,29)(H,31,32). The second kappa shape index (κ2) is 11.2. The van der Waals surface area contributed by atoms with E-state index in [4.69, 9.17) is 10.8 Å². The molecule has 0 bridgehead atoms. The van der Waals surface area contributed by atoms with Crippen molar-refractivity contribution < 1.29 is 24.6 Å². The number of carboxylic acid groups (broad SMARTS) is 2. The van der Waals surface area contributed by atoms with Gasteiger partial charge >= 0.3 is 11.9 Å². The number of nitrogens with two attached hydrogens (primary N) is 1. The number of pyridine rings is 1. The highest BCUT2D eigenvalue weighted by Gasteiger charge is 2.36. The van der Waals surface area contributed by atoms with Gasteiger partial charge in [0.15, 0.2) is 0 Å². The topological polar surface area (TPSA) is 134 Å². The van der Waals surface area contributed by atoms with Crippen LogP contribution < -0.4 is 10.6 Å². The van der Waals surface area contributed by atoms with Crippen molar-refractivity contribution >= 4 is 23.5 Å². The SMILES string of the molecule is Cc1cccc(C)c1N(CCCc1cccnc1)C(=O)C(C(=CC(=O)O)C(=O)O)C(C)N. The number of aliphatic carboxylic acids is 2. The van der Waals surface area contributed by atoms with Crippen LogP contribution in [0.4, 0.5) is 5.69 Å². The molecule has 2 rings (SSSR count). The third-order valence-corrected chi connectivity index (χ3v) is 5.20. The van der Waals surface area contributed by atoms with E-state index in [9.17, 15) is 19.5 Å². The molecule has 1 aromatic heterocycles. The Labute approximate surface area is 187 Å². The van der Waals surface area contributed by atoms with Crippen molar-refractivity contribution in [3.63, 3.8) is 0 Å². The molecule has 0 saturated heterocycles. The van der Waals surface area contributed by atoms with Gasteiger partial charge in [0.05, 0.1) is 11.5 Å². The summed E-state index contributed by atoms with van der Waals surface area (Å²) in [6, 6.07) is 8.50. The molecule has 0 fully saturated rings. The summed E-state index contributed by atoms with van der Waals surface area (Å²) in [6.07, 6.45) is 5.26. The summed E-state index contributed by atoms with van der Waals surface area (Å²) in [5.74, 6) is -4.80. The first-order valence-electron chi connectivity index (χ1n) is 10.3. The second-order valence-corrected chi connectivity index (χ2v) is 7.77. The zero-order valence-corrected chi connectivity index (χ0v) is 18.5. The van der Waals surface area contributed by atoms with Gasteiger partial charge in [-0.3, -0.25) is 9.78 Å². The summed E-state index contributed by atoms with van der Waals surface area (Å²) in [5.41, 5.74) is 8.86. The van der Waals surface area contributed by atoms with Crippen LogP contribution in [0.3, 0.4) is 0 Å². The molecule has 0 radical (unpaired) electrons. The maximum atomic E-state index is 13.7. The Hall–Kier alpha value is -3.52. The fraction of sp³-hybridized carbons (Fsp3) is 0.333. The highest BCUT2D eigenvalue weighted by Crippen LogP contribution is 2.29. The summed E-state index contributed by atoms with van der Waals surface area (Å²) >= 11 is 0. The third-order valence-electron chi connectivity index (χ3n) is 5.20. The van der Waals surface area contributed by atoms with Crippen LogP contribution in [-0.2, 0) is 20.8 Å². The molecule has 2 unspecified atom stereocenters. The molecule has 4 N–H and O–H groups in total. The number of rotatable bonds is 10. The quantitative estimate of drug-likeness (QED) is 0.485. The molecule has 32 heavy (non-hydrogen) atoms. The van der Waals surface area contributed by atoms with E-state index in [2.05, 4.69) is 4.98 Å². The van der Waals surface area contributed by atoms with Gasteiger partial charge < -0.3 is 20.8 Å². The molecule has 0 aliphatic carbocycles. The van der Waals surface area contributed by atoms with Crippen LogP contribution in [0.1, 0.15) is 30.0 Å². The molecule has 1 amide bonds. The number of aromatic nitrogens is 1. The van der Waals surface area contributed by atoms with Crippen LogP contribution in [0.5, 0.6) is 0 Å². The van der Waals surface area contributed by atoms with Crippen LogP contribution in [-0.4, -0.2) is 45.6 Å². The van der Waals surface area contributed by atoms with Crippen molar-refractivity contribution in [2.24, 2.45) is 11.7 Å². The lowest BCUT2D eigenvalue weighted by Crippen LogP contribution is -2.46. The van der Waals surface area contributed by atoms with E-state index >= 15 is 0 Å². The average Bonchev–Trinajstić information content (AvgIpc) is 2.72. The summed E-state index contributed by atoms with van der Waals surface area (Å²) in [7, 11) is 0. The number of benzene rings is 1. The monoisotopic (exact) mass is 439 g/mol. The lowest BCUT2D eigenvalue weighted by molar-refractivity contribution is -0.136. The first-order valence-corrected chi connectivity index (χ1v) is 10.3. The number of aryl methyl sites for hydroxylation is 3. The summed E-state index contributed by atoms with van der Waals surface area (Å²) < 4.78 is 0. The minimum absolute atomic E-state index is 0.308. The number of hydrogen-bond acceptors (Lipinski definition) is 5. The number of carboxylic acids is 2. The van der Waals surface area contributed by atoms with Crippen molar-refractivity contribution in [1.29, 1.82) is 0 Å². The highest BCUT2D eigenvalue weighted by molar-refractivity contribution is 6.06. The van der Waals surface area contributed by atoms with E-state index in [0.717, 1.165) is 16.7 Å². The Morgan fingerprint density at radius 1 is 1.12 bits per heavy atom. The number of hydrogen-bond donors (Lipinski definition) is 3. The molecule has 2 atom stereocenters. The molecule has 8 heteroatoms. The van der Waals surface area contributed by atoms with Crippen LogP contribution in [0.2, 0.25) is 0 Å². The van der Waals surface area contributed by atoms with E-state index in [1.54, 1.807) is 12.4 Å². The van der Waals surface area contributed by atoms with Gasteiger partial charge in [-0.05, 0) is 56.4 Å². The van der Waals surface area contributed by atoms with E-state index < -0.39 is 35.4 Å². The van der Waals surface area contributed by atoms with Gasteiger partial charge in [0, 0.05) is 36.7 Å². The van der Waals surface area contributed by atoms with Gasteiger partial charge in [0.25, 0.3) is 0 Å². The summed E-state index contributed by atoms with van der Waals surface area (Å²) in [6.45, 7) is 5.55. The largest absolute Gasteiger partial charge is 0.478 e. The molecule has 8 nitrogen and oxygen atoms in total. The van der Waals surface area contributed by atoms with Gasteiger partial charge in [-0.25, -0.2) is 9.59 Å². The highest BCUT2D eigenvalue weighted by atomic mass is 16.4. The minimum atomic E-state index is -1.49. The van der Waals surface area contributed by atoms with Gasteiger partial charge in [-0.2, -0.15) is 0 Å². The fourth-order valence-corrected chi connectivity index (χ4v) is 3.78. The predicted molar refractivity (Wildman–Crippen MR) is 121 cm³/mol. The number of nitrogens with zero attached hydrogens (tertiary/aromatic N) is 2. The molecule has 0 aliphatic heterocycles. The first kappa shape index (κ1) is 24.7. The third kappa shape index (κ3) is 6.24. The molecule has 1 heterocycles. The van der Waals surface area contributed by atoms with E-state index in [0.29, 0.717) is 31.1 Å². The van der Waals surface area contributed by atoms with Crippen molar-refractivity contribution in [3.8, 4) is 0 Å². The van der Waals surface area contributed by atoms with E-state index in [1.807, 2.05) is 44.2 Å².